The molecule has 2 aromatic rings. The van der Waals surface area contributed by atoms with Crippen LogP contribution in [0.25, 0.3) is 0 Å². The van der Waals surface area contributed by atoms with E-state index < -0.39 is 9.84 Å². The van der Waals surface area contributed by atoms with Crippen LogP contribution in [0.2, 0.25) is 0 Å². The smallest absolute Gasteiger partial charge is 0.227 e. The van der Waals surface area contributed by atoms with E-state index in [-0.39, 0.29) is 21.7 Å². The maximum atomic E-state index is 13.3. The largest absolute Gasteiger partial charge is 0.326 e. The maximum absolute atomic E-state index is 13.3. The van der Waals surface area contributed by atoms with Crippen LogP contribution in [-0.2, 0) is 27.6 Å². The minimum atomic E-state index is -3.71. The molecule has 0 aliphatic carbocycles. The Labute approximate surface area is 160 Å². The van der Waals surface area contributed by atoms with Gasteiger partial charge in [-0.1, -0.05) is 6.92 Å². The fourth-order valence-electron chi connectivity index (χ4n) is 3.47. The molecule has 0 unspecified atom stereocenters. The molecule has 2 N–H and O–H groups in total. The number of aromatic nitrogens is 2. The minimum absolute atomic E-state index is 0.0758. The second kappa shape index (κ2) is 7.44. The van der Waals surface area contributed by atoms with E-state index in [0.29, 0.717) is 37.3 Å². The Hall–Kier alpha value is -2.19. The second-order valence-corrected chi connectivity index (χ2v) is 8.91. The molecule has 1 fully saturated rings. The zero-order chi connectivity index (χ0) is 19.8. The molecule has 27 heavy (non-hydrogen) atoms. The first kappa shape index (κ1) is 19.6. The van der Waals surface area contributed by atoms with E-state index in [1.165, 1.54) is 0 Å². The number of rotatable bonds is 6. The van der Waals surface area contributed by atoms with Crippen molar-refractivity contribution in [3.05, 3.63) is 35.7 Å². The Morgan fingerprint density at radius 2 is 1.93 bits per heavy atom. The molecule has 1 aromatic heterocycles. The first-order valence-electron chi connectivity index (χ1n) is 9.23. The van der Waals surface area contributed by atoms with Crippen molar-refractivity contribution in [2.24, 2.45) is 5.73 Å². The predicted octanol–water partition coefficient (Wildman–Crippen LogP) is 2.06. The highest BCUT2D eigenvalue weighted by molar-refractivity contribution is 7.91. The Morgan fingerprint density at radius 1 is 1.26 bits per heavy atom. The van der Waals surface area contributed by atoms with Gasteiger partial charge in [-0.2, -0.15) is 5.10 Å². The third-order valence-electron chi connectivity index (χ3n) is 4.82. The van der Waals surface area contributed by atoms with Crippen LogP contribution >= 0.6 is 0 Å². The summed E-state index contributed by atoms with van der Waals surface area (Å²) >= 11 is 0. The molecule has 1 aromatic carbocycles. The zero-order valence-electron chi connectivity index (χ0n) is 16.0. The van der Waals surface area contributed by atoms with Crippen LogP contribution in [0.15, 0.2) is 34.1 Å². The summed E-state index contributed by atoms with van der Waals surface area (Å²) in [5, 5.41) is 4.46. The average Bonchev–Trinajstić information content (AvgIpc) is 3.18. The summed E-state index contributed by atoms with van der Waals surface area (Å²) in [5.74, 6) is 0.0758. The van der Waals surface area contributed by atoms with Crippen molar-refractivity contribution in [1.82, 2.24) is 9.78 Å². The topological polar surface area (TPSA) is 98.3 Å². The first-order chi connectivity index (χ1) is 12.8. The van der Waals surface area contributed by atoms with Crippen molar-refractivity contribution in [2.45, 2.75) is 62.4 Å². The summed E-state index contributed by atoms with van der Waals surface area (Å²) in [5.41, 5.74) is 7.74. The number of benzene rings is 1. The number of sulfone groups is 1. The number of carbonyl (C=O) groups excluding carboxylic acids is 1. The number of hydrogen-bond donors (Lipinski definition) is 1. The van der Waals surface area contributed by atoms with Crippen molar-refractivity contribution in [2.75, 3.05) is 11.4 Å². The van der Waals surface area contributed by atoms with Gasteiger partial charge in [0.1, 0.15) is 4.90 Å². The fourth-order valence-corrected chi connectivity index (χ4v) is 5.19. The third kappa shape index (κ3) is 3.64. The molecule has 1 saturated heterocycles. The molecule has 0 saturated carbocycles. The predicted molar refractivity (Wildman–Crippen MR) is 103 cm³/mol. The molecule has 1 atom stereocenters. The monoisotopic (exact) mass is 390 g/mol. The Balaban J connectivity index is 1.99. The lowest BCUT2D eigenvalue weighted by atomic mass is 10.3. The number of nitrogens with two attached hydrogens (primary N) is 1. The normalized spacial score (nSPS) is 16.1. The molecular weight excluding hydrogens is 364 g/mol. The van der Waals surface area contributed by atoms with Gasteiger partial charge in [-0.05, 0) is 51.0 Å². The zero-order valence-corrected chi connectivity index (χ0v) is 16.8. The lowest BCUT2D eigenvalue weighted by molar-refractivity contribution is -0.117. The molecule has 8 heteroatoms. The number of hydrogen-bond acceptors (Lipinski definition) is 5. The van der Waals surface area contributed by atoms with Crippen LogP contribution in [0.5, 0.6) is 0 Å². The van der Waals surface area contributed by atoms with Crippen LogP contribution < -0.4 is 10.6 Å². The van der Waals surface area contributed by atoms with Gasteiger partial charge in [0.15, 0.2) is 0 Å². The highest BCUT2D eigenvalue weighted by Crippen LogP contribution is 2.30. The van der Waals surface area contributed by atoms with Crippen molar-refractivity contribution in [1.29, 1.82) is 0 Å². The first-order valence-corrected chi connectivity index (χ1v) is 10.7. The van der Waals surface area contributed by atoms with Crippen LogP contribution in [0, 0.1) is 6.92 Å². The van der Waals surface area contributed by atoms with E-state index in [1.54, 1.807) is 40.8 Å². The van der Waals surface area contributed by atoms with Crippen molar-refractivity contribution >= 4 is 21.4 Å². The number of amides is 1. The van der Waals surface area contributed by atoms with E-state index in [0.717, 1.165) is 12.1 Å². The number of carbonyl (C=O) groups is 1. The summed E-state index contributed by atoms with van der Waals surface area (Å²) in [6.07, 6.45) is 1.89. The molecule has 1 aliphatic heterocycles. The summed E-state index contributed by atoms with van der Waals surface area (Å²) in [4.78, 5) is 14.0. The van der Waals surface area contributed by atoms with Gasteiger partial charge >= 0.3 is 0 Å². The second-order valence-electron chi connectivity index (χ2n) is 7.02. The summed E-state index contributed by atoms with van der Waals surface area (Å²) in [6.45, 7) is 6.65. The highest BCUT2D eigenvalue weighted by atomic mass is 32.2. The minimum Gasteiger partial charge on any atom is -0.326 e. The van der Waals surface area contributed by atoms with Gasteiger partial charge in [-0.25, -0.2) is 8.42 Å². The third-order valence-corrected chi connectivity index (χ3v) is 6.78. The van der Waals surface area contributed by atoms with Crippen LogP contribution in [0.4, 0.5) is 5.69 Å². The number of nitrogens with zero attached hydrogens (tertiary/aromatic N) is 3. The molecule has 0 spiro atoms. The molecule has 1 aliphatic rings. The van der Waals surface area contributed by atoms with Gasteiger partial charge in [0.2, 0.25) is 15.7 Å². The van der Waals surface area contributed by atoms with E-state index in [9.17, 15) is 13.2 Å². The summed E-state index contributed by atoms with van der Waals surface area (Å²) < 4.78 is 28.2. The van der Waals surface area contributed by atoms with Gasteiger partial charge in [0.05, 0.1) is 22.8 Å². The van der Waals surface area contributed by atoms with Crippen molar-refractivity contribution in [3.63, 3.8) is 0 Å². The molecule has 3 rings (SSSR count). The average molecular weight is 391 g/mol. The lowest BCUT2D eigenvalue weighted by Crippen LogP contribution is -2.23. The van der Waals surface area contributed by atoms with Gasteiger partial charge in [0, 0.05) is 24.7 Å². The van der Waals surface area contributed by atoms with Crippen LogP contribution in [0.3, 0.4) is 0 Å². The molecule has 7 nitrogen and oxygen atoms in total. The number of aryl methyl sites for hydroxylation is 1. The number of anilines is 1. The lowest BCUT2D eigenvalue weighted by Gasteiger charge is -2.16. The van der Waals surface area contributed by atoms with E-state index in [4.69, 9.17) is 5.73 Å². The van der Waals surface area contributed by atoms with E-state index >= 15 is 0 Å². The standard InChI is InChI=1S/C19H26N4O3S/c1-4-17-19(14(3)23(21-17)12-13(2)20)27(25,26)16-9-7-15(8-10-16)22-11-5-6-18(22)24/h7-10,13H,4-6,11-12,20H2,1-3H3/t13-/m0/s1. The Bertz CT molecular complexity index is 946. The maximum Gasteiger partial charge on any atom is 0.227 e. The SMILES string of the molecule is CCc1nn(C[C@H](C)N)c(C)c1S(=O)(=O)c1ccc(N2CCCC2=O)cc1. The Kier molecular flexibility index (Phi) is 5.39. The molecule has 0 bridgehead atoms. The van der Waals surface area contributed by atoms with E-state index in [1.807, 2.05) is 13.8 Å². The molecule has 2 heterocycles. The molecular formula is C19H26N4O3S. The van der Waals surface area contributed by atoms with Crippen LogP contribution in [0.1, 0.15) is 38.1 Å². The quantitative estimate of drug-likeness (QED) is 0.814. The van der Waals surface area contributed by atoms with Gasteiger partial charge in [-0.3, -0.25) is 9.48 Å². The summed E-state index contributed by atoms with van der Waals surface area (Å²) in [7, 11) is -3.71. The highest BCUT2D eigenvalue weighted by Gasteiger charge is 2.28. The van der Waals surface area contributed by atoms with Crippen molar-refractivity contribution in [3.8, 4) is 0 Å². The molecule has 0 radical (unpaired) electrons. The fraction of sp³-hybridized carbons (Fsp3) is 0.474. The molecule has 146 valence electrons. The Morgan fingerprint density at radius 3 is 2.44 bits per heavy atom. The van der Waals surface area contributed by atoms with Gasteiger partial charge in [0.25, 0.3) is 0 Å². The van der Waals surface area contributed by atoms with Crippen LogP contribution in [-0.4, -0.2) is 36.7 Å². The van der Waals surface area contributed by atoms with Gasteiger partial charge < -0.3 is 10.6 Å². The van der Waals surface area contributed by atoms with Crippen molar-refractivity contribution < 1.29 is 13.2 Å². The van der Waals surface area contributed by atoms with E-state index in [2.05, 4.69) is 5.10 Å². The summed E-state index contributed by atoms with van der Waals surface area (Å²) in [6, 6.07) is 6.41. The van der Waals surface area contributed by atoms with Gasteiger partial charge in [-0.15, -0.1) is 0 Å². The molecule has 1 amide bonds.